The number of nitrogens with zero attached hydrogens (tertiary/aromatic N) is 7. The van der Waals surface area contributed by atoms with Crippen molar-refractivity contribution >= 4 is 22.9 Å². The second-order valence-electron chi connectivity index (χ2n) is 11.8. The first-order valence-electron chi connectivity index (χ1n) is 15.1. The van der Waals surface area contributed by atoms with Gasteiger partial charge in [0.15, 0.2) is 11.5 Å². The molecule has 6 rings (SSSR count). The molecule has 2 fully saturated rings. The predicted molar refractivity (Wildman–Crippen MR) is 169 cm³/mol. The number of nitriles is 1. The number of imidazole rings is 1. The first-order chi connectivity index (χ1) is 21.8. The number of para-hydroxylation sites is 1. The van der Waals surface area contributed by atoms with Gasteiger partial charge in [0.05, 0.1) is 18.9 Å². The van der Waals surface area contributed by atoms with Gasteiger partial charge in [0.2, 0.25) is 0 Å². The van der Waals surface area contributed by atoms with Crippen LogP contribution in [0, 0.1) is 11.3 Å². The number of aromatic nitrogens is 4. The molecule has 0 atom stereocenters. The van der Waals surface area contributed by atoms with Crippen molar-refractivity contribution in [2.24, 2.45) is 0 Å². The molecule has 2 aromatic carbocycles. The summed E-state index contributed by atoms with van der Waals surface area (Å²) in [5, 5.41) is 9.91. The average Bonchev–Trinajstić information content (AvgIpc) is 3.37. The molecule has 2 N–H and O–H groups in total. The summed E-state index contributed by atoms with van der Waals surface area (Å²) in [6, 6.07) is 18.5. The second-order valence-corrected chi connectivity index (χ2v) is 11.8. The smallest absolute Gasteiger partial charge is 0.335 e. The van der Waals surface area contributed by atoms with Crippen LogP contribution in [0.25, 0.3) is 16.9 Å². The quantitative estimate of drug-likeness (QED) is 0.245. The summed E-state index contributed by atoms with van der Waals surface area (Å²) in [4.78, 5) is 40.0. The van der Waals surface area contributed by atoms with Gasteiger partial charge in [-0.1, -0.05) is 18.2 Å². The summed E-state index contributed by atoms with van der Waals surface area (Å²) in [6.45, 7) is 7.54. The molecule has 232 valence electrons. The van der Waals surface area contributed by atoms with Gasteiger partial charge in [0, 0.05) is 37.8 Å². The van der Waals surface area contributed by atoms with Crippen LogP contribution in [0.3, 0.4) is 0 Å². The third kappa shape index (κ3) is 6.05. The molecule has 0 radical (unpaired) electrons. The van der Waals surface area contributed by atoms with E-state index >= 15 is 0 Å². The fourth-order valence-corrected chi connectivity index (χ4v) is 6.15. The van der Waals surface area contributed by atoms with Gasteiger partial charge in [-0.2, -0.15) is 5.26 Å². The summed E-state index contributed by atoms with van der Waals surface area (Å²) in [7, 11) is 0. The number of carbonyl (C=O) groups excluding carboxylic acids is 1. The monoisotopic (exact) mass is 608 g/mol. The lowest BCUT2D eigenvalue weighted by Gasteiger charge is -2.39. The number of fused-ring (bicyclic) bond motifs is 1. The van der Waals surface area contributed by atoms with E-state index in [-0.39, 0.29) is 29.0 Å². The summed E-state index contributed by atoms with van der Waals surface area (Å²) in [5.41, 5.74) is 7.14. The van der Waals surface area contributed by atoms with E-state index in [1.165, 1.54) is 10.9 Å². The molecule has 2 saturated heterocycles. The molecular formula is C33H36N8O4. The maximum atomic E-state index is 14.0. The SMILES string of the molecule is CC(C)(/C=C(/C#N)C(=O)N1CCC(n2c(=O)n(-c3ccc(Oc4ccccc4)cc3)c3c(N)ncnc32)CC1)N1CCOCC1. The van der Waals surface area contributed by atoms with Gasteiger partial charge in [-0.3, -0.25) is 18.8 Å². The molecule has 12 nitrogen and oxygen atoms in total. The van der Waals surface area contributed by atoms with Gasteiger partial charge < -0.3 is 20.1 Å². The van der Waals surface area contributed by atoms with Crippen molar-refractivity contribution in [2.75, 3.05) is 45.1 Å². The van der Waals surface area contributed by atoms with Crippen molar-refractivity contribution in [1.29, 1.82) is 5.26 Å². The molecule has 4 heterocycles. The van der Waals surface area contributed by atoms with Crippen LogP contribution in [0.5, 0.6) is 11.5 Å². The van der Waals surface area contributed by atoms with Gasteiger partial charge in [-0.05, 0) is 69.2 Å². The standard InChI is InChI=1S/C33H36N8O4/c1-33(2,39-16-18-44-19-17-39)20-23(21-34)31(42)38-14-12-25(13-15-38)41-30-28(29(35)36-22-37-30)40(32(41)43)24-8-10-27(11-9-24)45-26-6-4-3-5-7-26/h3-11,20,22,25H,12-19H2,1-2H3,(H2,35,36,37)/b23-20-. The van der Waals surface area contributed by atoms with Crippen molar-refractivity contribution < 1.29 is 14.3 Å². The number of anilines is 1. The molecule has 1 amide bonds. The average molecular weight is 609 g/mol. The molecule has 2 aliphatic rings. The Hall–Kier alpha value is -4.99. The number of hydrogen-bond acceptors (Lipinski definition) is 9. The first kappa shape index (κ1) is 30.1. The number of hydrogen-bond donors (Lipinski definition) is 1. The number of benzene rings is 2. The highest BCUT2D eigenvalue weighted by Crippen LogP contribution is 2.30. The predicted octanol–water partition coefficient (Wildman–Crippen LogP) is 3.68. The van der Waals surface area contributed by atoms with Crippen LogP contribution in [-0.2, 0) is 9.53 Å². The van der Waals surface area contributed by atoms with Crippen LogP contribution >= 0.6 is 0 Å². The van der Waals surface area contributed by atoms with Crippen LogP contribution < -0.4 is 16.2 Å². The Morgan fingerprint density at radius 3 is 2.36 bits per heavy atom. The zero-order chi connectivity index (χ0) is 31.6. The fraction of sp³-hybridized carbons (Fsp3) is 0.364. The van der Waals surface area contributed by atoms with Crippen LogP contribution in [0.15, 0.2) is 77.4 Å². The van der Waals surface area contributed by atoms with E-state index < -0.39 is 5.54 Å². The summed E-state index contributed by atoms with van der Waals surface area (Å²) >= 11 is 0. The minimum Gasteiger partial charge on any atom is -0.457 e. The largest absolute Gasteiger partial charge is 0.457 e. The number of morpholine rings is 1. The number of piperidine rings is 1. The normalized spacial score (nSPS) is 16.9. The Morgan fingerprint density at radius 1 is 1.02 bits per heavy atom. The Labute approximate surface area is 260 Å². The van der Waals surface area contributed by atoms with Gasteiger partial charge in [0.1, 0.15) is 35.0 Å². The lowest BCUT2D eigenvalue weighted by molar-refractivity contribution is -0.128. The number of ether oxygens (including phenoxy) is 2. The molecule has 0 aliphatic carbocycles. The Bertz CT molecular complexity index is 1810. The van der Waals surface area contributed by atoms with Crippen molar-refractivity contribution in [3.8, 4) is 23.3 Å². The highest BCUT2D eigenvalue weighted by molar-refractivity contribution is 5.97. The molecule has 4 aromatic rings. The highest BCUT2D eigenvalue weighted by Gasteiger charge is 2.32. The molecule has 0 spiro atoms. The number of rotatable bonds is 7. The zero-order valence-corrected chi connectivity index (χ0v) is 25.4. The Morgan fingerprint density at radius 2 is 1.69 bits per heavy atom. The lowest BCUT2D eigenvalue weighted by atomic mass is 9.97. The van der Waals surface area contributed by atoms with E-state index in [9.17, 15) is 14.9 Å². The molecule has 12 heteroatoms. The van der Waals surface area contributed by atoms with E-state index in [1.54, 1.807) is 39.8 Å². The zero-order valence-electron chi connectivity index (χ0n) is 25.4. The van der Waals surface area contributed by atoms with E-state index in [4.69, 9.17) is 15.2 Å². The van der Waals surface area contributed by atoms with E-state index in [1.807, 2.05) is 44.2 Å². The van der Waals surface area contributed by atoms with E-state index in [2.05, 4.69) is 20.9 Å². The van der Waals surface area contributed by atoms with Crippen molar-refractivity contribution in [3.63, 3.8) is 0 Å². The van der Waals surface area contributed by atoms with E-state index in [0.717, 1.165) is 13.1 Å². The number of nitrogens with two attached hydrogens (primary N) is 1. The molecule has 2 aliphatic heterocycles. The number of amides is 1. The number of carbonyl (C=O) groups is 1. The van der Waals surface area contributed by atoms with Gasteiger partial charge in [-0.25, -0.2) is 14.8 Å². The molecular weight excluding hydrogens is 572 g/mol. The number of nitrogen functional groups attached to an aromatic ring is 1. The van der Waals surface area contributed by atoms with Crippen molar-refractivity contribution in [3.05, 3.63) is 83.1 Å². The Kier molecular flexibility index (Phi) is 8.38. The van der Waals surface area contributed by atoms with Crippen LogP contribution in [0.1, 0.15) is 32.7 Å². The molecule has 0 saturated carbocycles. The van der Waals surface area contributed by atoms with Crippen LogP contribution in [-0.4, -0.2) is 79.7 Å². The highest BCUT2D eigenvalue weighted by atomic mass is 16.5. The first-order valence-corrected chi connectivity index (χ1v) is 15.1. The minimum atomic E-state index is -0.469. The molecule has 0 bridgehead atoms. The van der Waals surface area contributed by atoms with Crippen LogP contribution in [0.4, 0.5) is 5.82 Å². The Balaban J connectivity index is 1.23. The van der Waals surface area contributed by atoms with Gasteiger partial charge in [-0.15, -0.1) is 0 Å². The van der Waals surface area contributed by atoms with E-state index in [0.29, 0.717) is 67.5 Å². The molecule has 45 heavy (non-hydrogen) atoms. The molecule has 2 aromatic heterocycles. The van der Waals surface area contributed by atoms with Crippen molar-refractivity contribution in [1.82, 2.24) is 28.9 Å². The lowest BCUT2D eigenvalue weighted by Crippen LogP contribution is -2.49. The number of likely N-dealkylation sites (tertiary alicyclic amines) is 1. The topological polar surface area (TPSA) is 145 Å². The van der Waals surface area contributed by atoms with Gasteiger partial charge >= 0.3 is 5.69 Å². The summed E-state index contributed by atoms with van der Waals surface area (Å²) < 4.78 is 14.6. The third-order valence-electron chi connectivity index (χ3n) is 8.55. The summed E-state index contributed by atoms with van der Waals surface area (Å²) in [5.74, 6) is 1.23. The summed E-state index contributed by atoms with van der Waals surface area (Å²) in [6.07, 6.45) is 4.16. The maximum Gasteiger partial charge on any atom is 0.335 e. The second kappa shape index (κ2) is 12.6. The minimum absolute atomic E-state index is 0.124. The van der Waals surface area contributed by atoms with Crippen molar-refractivity contribution in [2.45, 2.75) is 38.3 Å². The van der Waals surface area contributed by atoms with Gasteiger partial charge in [0.25, 0.3) is 5.91 Å². The fourth-order valence-electron chi connectivity index (χ4n) is 6.15. The van der Waals surface area contributed by atoms with Crippen LogP contribution in [0.2, 0.25) is 0 Å². The third-order valence-corrected chi connectivity index (χ3v) is 8.55. The maximum absolute atomic E-state index is 14.0. The molecule has 0 unspecified atom stereocenters.